The highest BCUT2D eigenvalue weighted by atomic mass is 16.5. The zero-order chi connectivity index (χ0) is 21.2. The number of ether oxygens (including phenoxy) is 1. The lowest BCUT2D eigenvalue weighted by Crippen LogP contribution is -2.48. The smallest absolute Gasteiger partial charge is 0.191 e. The first kappa shape index (κ1) is 22.3. The van der Waals surface area contributed by atoms with Crippen LogP contribution >= 0.6 is 0 Å². The SMILES string of the molecule is CN=C(NCc1ccc(COC(C)C)cc1)NC1CCN(Cc2ccccc2)CC1. The second kappa shape index (κ2) is 11.7. The Labute approximate surface area is 181 Å². The fourth-order valence-corrected chi connectivity index (χ4v) is 3.67. The largest absolute Gasteiger partial charge is 0.374 e. The Hall–Kier alpha value is -2.37. The second-order valence-corrected chi connectivity index (χ2v) is 8.28. The van der Waals surface area contributed by atoms with Crippen LogP contribution in [0.4, 0.5) is 0 Å². The number of nitrogens with zero attached hydrogens (tertiary/aromatic N) is 2. The lowest BCUT2D eigenvalue weighted by atomic mass is 10.0. The van der Waals surface area contributed by atoms with E-state index < -0.39 is 0 Å². The molecule has 162 valence electrons. The Morgan fingerprint density at radius 2 is 1.67 bits per heavy atom. The molecule has 5 heteroatoms. The first-order chi connectivity index (χ1) is 14.6. The van der Waals surface area contributed by atoms with Gasteiger partial charge in [0.15, 0.2) is 5.96 Å². The summed E-state index contributed by atoms with van der Waals surface area (Å²) >= 11 is 0. The Morgan fingerprint density at radius 3 is 2.30 bits per heavy atom. The predicted octanol–water partition coefficient (Wildman–Crippen LogP) is 3.94. The molecule has 0 aliphatic carbocycles. The van der Waals surface area contributed by atoms with Gasteiger partial charge in [0, 0.05) is 39.3 Å². The maximum absolute atomic E-state index is 5.66. The van der Waals surface area contributed by atoms with Crippen LogP contribution in [0.1, 0.15) is 43.4 Å². The average Bonchev–Trinajstić information content (AvgIpc) is 2.78. The van der Waals surface area contributed by atoms with Crippen molar-refractivity contribution in [3.63, 3.8) is 0 Å². The third-order valence-corrected chi connectivity index (χ3v) is 5.47. The van der Waals surface area contributed by atoms with Gasteiger partial charge in [0.25, 0.3) is 0 Å². The molecule has 0 aromatic heterocycles. The third-order valence-electron chi connectivity index (χ3n) is 5.47. The number of likely N-dealkylation sites (tertiary alicyclic amines) is 1. The molecule has 1 aliphatic heterocycles. The van der Waals surface area contributed by atoms with Crippen molar-refractivity contribution in [2.45, 2.75) is 58.5 Å². The van der Waals surface area contributed by atoms with E-state index in [1.54, 1.807) is 0 Å². The van der Waals surface area contributed by atoms with Gasteiger partial charge in [0.1, 0.15) is 0 Å². The monoisotopic (exact) mass is 408 g/mol. The molecule has 0 amide bonds. The maximum atomic E-state index is 5.66. The molecule has 0 radical (unpaired) electrons. The minimum Gasteiger partial charge on any atom is -0.374 e. The van der Waals surface area contributed by atoms with Crippen LogP contribution in [0.2, 0.25) is 0 Å². The van der Waals surface area contributed by atoms with E-state index in [4.69, 9.17) is 4.74 Å². The van der Waals surface area contributed by atoms with Crippen molar-refractivity contribution < 1.29 is 4.74 Å². The highest BCUT2D eigenvalue weighted by Crippen LogP contribution is 2.14. The lowest BCUT2D eigenvalue weighted by Gasteiger charge is -2.33. The first-order valence-corrected chi connectivity index (χ1v) is 11.1. The second-order valence-electron chi connectivity index (χ2n) is 8.28. The van der Waals surface area contributed by atoms with E-state index in [1.807, 2.05) is 7.05 Å². The highest BCUT2D eigenvalue weighted by molar-refractivity contribution is 5.79. The Kier molecular flexibility index (Phi) is 8.72. The third kappa shape index (κ3) is 7.47. The molecule has 1 saturated heterocycles. The van der Waals surface area contributed by atoms with E-state index in [0.29, 0.717) is 12.6 Å². The van der Waals surface area contributed by atoms with Crippen LogP contribution < -0.4 is 10.6 Å². The van der Waals surface area contributed by atoms with Crippen molar-refractivity contribution in [2.75, 3.05) is 20.1 Å². The van der Waals surface area contributed by atoms with Crippen LogP contribution in [0, 0.1) is 0 Å². The topological polar surface area (TPSA) is 48.9 Å². The van der Waals surface area contributed by atoms with Gasteiger partial charge in [-0.05, 0) is 43.4 Å². The van der Waals surface area contributed by atoms with Crippen LogP contribution in [0.25, 0.3) is 0 Å². The Morgan fingerprint density at radius 1 is 1.00 bits per heavy atom. The van der Waals surface area contributed by atoms with E-state index in [0.717, 1.165) is 45.0 Å². The molecule has 1 heterocycles. The molecule has 0 atom stereocenters. The van der Waals surface area contributed by atoms with Crippen LogP contribution in [0.15, 0.2) is 59.6 Å². The van der Waals surface area contributed by atoms with E-state index in [9.17, 15) is 0 Å². The minimum absolute atomic E-state index is 0.256. The van der Waals surface area contributed by atoms with E-state index in [2.05, 4.69) is 89.0 Å². The summed E-state index contributed by atoms with van der Waals surface area (Å²) in [7, 11) is 1.84. The summed E-state index contributed by atoms with van der Waals surface area (Å²) in [5.41, 5.74) is 3.84. The highest BCUT2D eigenvalue weighted by Gasteiger charge is 2.20. The van der Waals surface area contributed by atoms with Crippen LogP contribution in [-0.4, -0.2) is 43.1 Å². The molecule has 5 nitrogen and oxygen atoms in total. The molecular weight excluding hydrogens is 372 g/mol. The van der Waals surface area contributed by atoms with Gasteiger partial charge in [-0.2, -0.15) is 0 Å². The molecule has 1 aliphatic rings. The average molecular weight is 409 g/mol. The molecule has 2 aromatic rings. The van der Waals surface area contributed by atoms with Crippen molar-refractivity contribution in [2.24, 2.45) is 4.99 Å². The minimum atomic E-state index is 0.256. The molecule has 0 unspecified atom stereocenters. The summed E-state index contributed by atoms with van der Waals surface area (Å²) in [6.45, 7) is 8.81. The Balaban J connectivity index is 1.39. The molecule has 0 spiro atoms. The fraction of sp³-hybridized carbons (Fsp3) is 0.480. The van der Waals surface area contributed by atoms with Gasteiger partial charge in [0.2, 0.25) is 0 Å². The standard InChI is InChI=1S/C25H36N4O/c1-20(2)30-19-23-11-9-21(10-12-23)17-27-25(26-3)28-24-13-15-29(16-14-24)18-22-7-5-4-6-8-22/h4-12,20,24H,13-19H2,1-3H3,(H2,26,27,28). The summed E-state index contributed by atoms with van der Waals surface area (Å²) < 4.78 is 5.66. The number of piperidine rings is 1. The van der Waals surface area contributed by atoms with E-state index >= 15 is 0 Å². The van der Waals surface area contributed by atoms with Crippen LogP contribution in [-0.2, 0) is 24.4 Å². The quantitative estimate of drug-likeness (QED) is 0.513. The van der Waals surface area contributed by atoms with Crippen molar-refractivity contribution in [3.05, 3.63) is 71.3 Å². The Bertz CT molecular complexity index is 765. The van der Waals surface area contributed by atoms with Gasteiger partial charge in [-0.1, -0.05) is 54.6 Å². The van der Waals surface area contributed by atoms with Gasteiger partial charge in [-0.25, -0.2) is 0 Å². The number of rotatable bonds is 8. The zero-order valence-electron chi connectivity index (χ0n) is 18.6. The summed E-state index contributed by atoms with van der Waals surface area (Å²) in [4.78, 5) is 6.95. The van der Waals surface area contributed by atoms with E-state index in [-0.39, 0.29) is 6.10 Å². The molecule has 0 bridgehead atoms. The number of nitrogens with one attached hydrogen (secondary N) is 2. The number of guanidine groups is 1. The molecular formula is C25H36N4O. The summed E-state index contributed by atoms with van der Waals surface area (Å²) in [6, 6.07) is 19.8. The van der Waals surface area contributed by atoms with Crippen molar-refractivity contribution >= 4 is 5.96 Å². The number of benzene rings is 2. The van der Waals surface area contributed by atoms with Crippen molar-refractivity contribution in [1.82, 2.24) is 15.5 Å². The van der Waals surface area contributed by atoms with Gasteiger partial charge in [-0.3, -0.25) is 9.89 Å². The predicted molar refractivity (Wildman–Crippen MR) is 124 cm³/mol. The first-order valence-electron chi connectivity index (χ1n) is 11.1. The molecule has 2 aromatic carbocycles. The fourth-order valence-electron chi connectivity index (χ4n) is 3.67. The van der Waals surface area contributed by atoms with E-state index in [1.165, 1.54) is 16.7 Å². The van der Waals surface area contributed by atoms with Gasteiger partial charge >= 0.3 is 0 Å². The van der Waals surface area contributed by atoms with Crippen molar-refractivity contribution in [1.29, 1.82) is 0 Å². The molecule has 1 fully saturated rings. The summed E-state index contributed by atoms with van der Waals surface area (Å²) in [5.74, 6) is 0.878. The van der Waals surface area contributed by atoms with Gasteiger partial charge in [-0.15, -0.1) is 0 Å². The number of hydrogen-bond acceptors (Lipinski definition) is 3. The van der Waals surface area contributed by atoms with Crippen molar-refractivity contribution in [3.8, 4) is 0 Å². The molecule has 30 heavy (non-hydrogen) atoms. The van der Waals surface area contributed by atoms with Crippen LogP contribution in [0.5, 0.6) is 0 Å². The summed E-state index contributed by atoms with van der Waals surface area (Å²) in [6.07, 6.45) is 2.53. The van der Waals surface area contributed by atoms with Crippen LogP contribution in [0.3, 0.4) is 0 Å². The normalized spacial score (nSPS) is 16.1. The molecule has 2 N–H and O–H groups in total. The van der Waals surface area contributed by atoms with Gasteiger partial charge in [0.05, 0.1) is 12.7 Å². The number of aliphatic imine (C=N–C) groups is 1. The molecule has 0 saturated carbocycles. The summed E-state index contributed by atoms with van der Waals surface area (Å²) in [5, 5.41) is 7.04. The zero-order valence-corrected chi connectivity index (χ0v) is 18.6. The lowest BCUT2D eigenvalue weighted by molar-refractivity contribution is 0.0657. The van der Waals surface area contributed by atoms with Gasteiger partial charge < -0.3 is 15.4 Å². The maximum Gasteiger partial charge on any atom is 0.191 e. The molecule has 3 rings (SSSR count). The number of hydrogen-bond donors (Lipinski definition) is 2.